The smallest absolute Gasteiger partial charge is 0.462 e. The molecule has 0 saturated carbocycles. The van der Waals surface area contributed by atoms with Crippen molar-refractivity contribution in [2.24, 2.45) is 0 Å². The number of hydrogen-bond acceptors (Lipinski definition) is 7. The minimum absolute atomic E-state index is 0.0373. The second kappa shape index (κ2) is 78.9. The molecule has 0 saturated heterocycles. The minimum atomic E-state index is -4.39. The van der Waals surface area contributed by atoms with Crippen LogP contribution in [0.2, 0.25) is 0 Å². The Labute approximate surface area is 607 Å². The van der Waals surface area contributed by atoms with Crippen LogP contribution in [-0.4, -0.2) is 74.9 Å². The van der Waals surface area contributed by atoms with Crippen molar-refractivity contribution in [3.05, 3.63) is 12.2 Å². The molecule has 0 rings (SSSR count). The van der Waals surface area contributed by atoms with Gasteiger partial charge in [-0.05, 0) is 38.5 Å². The fraction of sp³-hybridized carbons (Fsp3) is 0.954. The Bertz CT molecular complexity index is 1640. The topological polar surface area (TPSA) is 108 Å². The highest BCUT2D eigenvalue weighted by Gasteiger charge is 2.27. The van der Waals surface area contributed by atoms with Crippen LogP contribution >= 0.6 is 7.82 Å². The molecular weight excluding hydrogens is 1220 g/mol. The number of rotatable bonds is 84. The Morgan fingerprint density at radius 1 is 0.309 bits per heavy atom. The first-order valence-corrected chi connectivity index (χ1v) is 45.4. The molecule has 0 radical (unpaired) electrons. The lowest BCUT2D eigenvalue weighted by Gasteiger charge is -2.24. The lowest BCUT2D eigenvalue weighted by atomic mass is 10.0. The molecule has 0 heterocycles. The van der Waals surface area contributed by atoms with Crippen LogP contribution in [0.3, 0.4) is 0 Å². The number of carbonyl (C=O) groups is 2. The van der Waals surface area contributed by atoms with Crippen molar-refractivity contribution in [2.45, 2.75) is 489 Å². The van der Waals surface area contributed by atoms with Gasteiger partial charge in [0.15, 0.2) is 6.10 Å². The number of nitrogens with zero attached hydrogens (tertiary/aromatic N) is 1. The van der Waals surface area contributed by atoms with E-state index in [0.29, 0.717) is 17.4 Å². The summed E-state index contributed by atoms with van der Waals surface area (Å²) in [6.45, 7) is 4.54. The van der Waals surface area contributed by atoms with Crippen molar-refractivity contribution < 1.29 is 42.1 Å². The predicted octanol–water partition coefficient (Wildman–Crippen LogP) is 29.4. The van der Waals surface area contributed by atoms with Gasteiger partial charge in [-0.25, -0.2) is 4.57 Å². The van der Waals surface area contributed by atoms with Crippen LogP contribution in [0.15, 0.2) is 12.2 Å². The molecule has 2 atom stereocenters. The molecule has 0 amide bonds. The Kier molecular flexibility index (Phi) is 77.9. The van der Waals surface area contributed by atoms with Gasteiger partial charge in [0.25, 0.3) is 0 Å². The molecule has 0 aliphatic heterocycles. The van der Waals surface area contributed by atoms with Gasteiger partial charge in [-0.3, -0.25) is 18.6 Å². The number of allylic oxidation sites excluding steroid dienone is 2. The number of phosphoric acid groups is 1. The summed E-state index contributed by atoms with van der Waals surface area (Å²) in [5.74, 6) is -0.764. The van der Waals surface area contributed by atoms with Crippen LogP contribution in [0.4, 0.5) is 0 Å². The molecule has 0 bridgehead atoms. The lowest BCUT2D eigenvalue weighted by Crippen LogP contribution is -2.37. The first-order chi connectivity index (χ1) is 47.5. The number of unbranched alkanes of at least 4 members (excludes halogenated alkanes) is 68. The van der Waals surface area contributed by atoms with Gasteiger partial charge < -0.3 is 18.9 Å². The number of hydrogen-bond donors (Lipinski definition) is 1. The van der Waals surface area contributed by atoms with E-state index in [1.54, 1.807) is 0 Å². The lowest BCUT2D eigenvalue weighted by molar-refractivity contribution is -0.870. The standard InChI is InChI=1S/C87H172NO8P/c1-6-8-10-12-14-16-18-20-22-24-26-28-30-32-34-36-38-40-41-42-43-44-45-46-47-48-50-52-54-56-58-60-62-64-66-68-70-72-74-76-78-80-87(90)96-85(84-95-97(91,92)94-82-81-88(3,4)5)83-93-86(89)79-77-75-73-71-69-67-65-63-61-59-57-55-53-51-49-39-37-35-33-31-29-27-25-23-21-19-17-15-13-11-9-7-2/h24,26,85H,6-23,25,27-84H2,1-5H3/p+1/b26-24-. The molecule has 97 heavy (non-hydrogen) atoms. The highest BCUT2D eigenvalue weighted by atomic mass is 31.2. The number of carbonyl (C=O) groups excluding carboxylic acids is 2. The number of esters is 2. The third kappa shape index (κ3) is 83.6. The fourth-order valence-electron chi connectivity index (χ4n) is 13.8. The van der Waals surface area contributed by atoms with Crippen LogP contribution in [-0.2, 0) is 32.7 Å². The van der Waals surface area contributed by atoms with Crippen molar-refractivity contribution in [1.29, 1.82) is 0 Å². The van der Waals surface area contributed by atoms with Crippen molar-refractivity contribution in [1.82, 2.24) is 0 Å². The fourth-order valence-corrected chi connectivity index (χ4v) is 14.6. The van der Waals surface area contributed by atoms with Crippen molar-refractivity contribution in [3.63, 3.8) is 0 Å². The predicted molar refractivity (Wildman–Crippen MR) is 423 cm³/mol. The van der Waals surface area contributed by atoms with Crippen LogP contribution < -0.4 is 0 Å². The Hall–Kier alpha value is -1.25. The molecule has 0 spiro atoms. The molecule has 1 N–H and O–H groups in total. The maximum atomic E-state index is 12.9. The van der Waals surface area contributed by atoms with Gasteiger partial charge in [-0.2, -0.15) is 0 Å². The molecule has 578 valence electrons. The van der Waals surface area contributed by atoms with Crippen molar-refractivity contribution >= 4 is 19.8 Å². The molecule has 10 heteroatoms. The van der Waals surface area contributed by atoms with E-state index >= 15 is 0 Å². The van der Waals surface area contributed by atoms with Gasteiger partial charge in [0.05, 0.1) is 27.7 Å². The zero-order valence-electron chi connectivity index (χ0n) is 66.4. The summed E-state index contributed by atoms with van der Waals surface area (Å²) in [4.78, 5) is 36.0. The number of likely N-dealkylation sites (N-methyl/N-ethyl adjacent to an activating group) is 1. The average Bonchev–Trinajstić information content (AvgIpc) is 1.69. The van der Waals surface area contributed by atoms with Gasteiger partial charge in [0.2, 0.25) is 0 Å². The third-order valence-corrected chi connectivity index (χ3v) is 21.5. The Morgan fingerprint density at radius 3 is 0.763 bits per heavy atom. The highest BCUT2D eigenvalue weighted by Crippen LogP contribution is 2.43. The van der Waals surface area contributed by atoms with Gasteiger partial charge in [0.1, 0.15) is 19.8 Å². The van der Waals surface area contributed by atoms with E-state index in [4.69, 9.17) is 18.5 Å². The van der Waals surface area contributed by atoms with E-state index in [2.05, 4.69) is 26.0 Å². The maximum Gasteiger partial charge on any atom is 0.472 e. The van der Waals surface area contributed by atoms with Crippen LogP contribution in [0.25, 0.3) is 0 Å². The number of quaternary nitrogens is 1. The largest absolute Gasteiger partial charge is 0.472 e. The molecule has 0 aliphatic carbocycles. The van der Waals surface area contributed by atoms with Crippen LogP contribution in [0.5, 0.6) is 0 Å². The molecular formula is C87H173NO8P+. The summed E-state index contributed by atoms with van der Waals surface area (Å²) in [5.41, 5.74) is 0. The SMILES string of the molecule is CCCCCCCCCC/C=C\CCCCCCCCCCCCCCCCCCCCCCCCCCCCCCCC(=O)OC(COC(=O)CCCCCCCCCCCCCCCCCCCCCCCCCCCCCCCCCC)COP(=O)(O)OCC[N+](C)(C)C. The normalized spacial score (nSPS) is 12.9. The molecule has 2 unspecified atom stereocenters. The van der Waals surface area contributed by atoms with E-state index in [1.165, 1.54) is 417 Å². The van der Waals surface area contributed by atoms with Gasteiger partial charge in [-0.1, -0.05) is 443 Å². The summed E-state index contributed by atoms with van der Waals surface area (Å²) < 4.78 is 34.9. The first-order valence-electron chi connectivity index (χ1n) is 43.9. The van der Waals surface area contributed by atoms with Gasteiger partial charge in [0, 0.05) is 12.8 Å². The second-order valence-corrected chi connectivity index (χ2v) is 33.1. The second-order valence-electron chi connectivity index (χ2n) is 31.6. The molecule has 0 aromatic carbocycles. The zero-order chi connectivity index (χ0) is 70.4. The van der Waals surface area contributed by atoms with Crippen molar-refractivity contribution in [2.75, 3.05) is 47.5 Å². The van der Waals surface area contributed by atoms with Crippen LogP contribution in [0, 0.1) is 0 Å². The molecule has 9 nitrogen and oxygen atoms in total. The van der Waals surface area contributed by atoms with E-state index in [1.807, 2.05) is 21.1 Å². The molecule has 0 aromatic heterocycles. The summed E-state index contributed by atoms with van der Waals surface area (Å²) in [6.07, 6.45) is 101. The summed E-state index contributed by atoms with van der Waals surface area (Å²) >= 11 is 0. The minimum Gasteiger partial charge on any atom is -0.462 e. The monoisotopic (exact) mass is 1390 g/mol. The molecule has 0 fully saturated rings. The third-order valence-electron chi connectivity index (χ3n) is 20.5. The van der Waals surface area contributed by atoms with Crippen molar-refractivity contribution in [3.8, 4) is 0 Å². The van der Waals surface area contributed by atoms with Gasteiger partial charge in [-0.15, -0.1) is 0 Å². The van der Waals surface area contributed by atoms with E-state index in [0.717, 1.165) is 38.5 Å². The molecule has 0 aromatic rings. The first kappa shape index (κ1) is 95.8. The quantitative estimate of drug-likeness (QED) is 0.0211. The van der Waals surface area contributed by atoms with E-state index < -0.39 is 26.5 Å². The van der Waals surface area contributed by atoms with E-state index in [-0.39, 0.29) is 25.6 Å². The Balaban J connectivity index is 3.83. The van der Waals surface area contributed by atoms with Gasteiger partial charge >= 0.3 is 19.8 Å². The average molecular weight is 1390 g/mol. The molecule has 0 aliphatic rings. The summed E-state index contributed by atoms with van der Waals surface area (Å²) in [5, 5.41) is 0. The Morgan fingerprint density at radius 2 is 0.526 bits per heavy atom. The van der Waals surface area contributed by atoms with Crippen LogP contribution in [0.1, 0.15) is 483 Å². The highest BCUT2D eigenvalue weighted by molar-refractivity contribution is 7.47. The summed E-state index contributed by atoms with van der Waals surface area (Å²) in [7, 11) is 1.51. The number of phosphoric ester groups is 1. The number of ether oxygens (including phenoxy) is 2. The van der Waals surface area contributed by atoms with E-state index in [9.17, 15) is 19.0 Å². The summed E-state index contributed by atoms with van der Waals surface area (Å²) in [6, 6.07) is 0. The maximum absolute atomic E-state index is 12.9. The zero-order valence-corrected chi connectivity index (χ0v) is 67.3.